The number of hydrazone groups is 1. The van der Waals surface area contributed by atoms with E-state index in [0.29, 0.717) is 16.8 Å². The van der Waals surface area contributed by atoms with E-state index >= 15 is 0 Å². The fourth-order valence-corrected chi connectivity index (χ4v) is 3.24. The molecule has 0 bridgehead atoms. The summed E-state index contributed by atoms with van der Waals surface area (Å²) in [5.74, 6) is 5.42. The number of carbonyl (C=O) groups excluding carboxylic acids is 1. The number of hydrogen-bond acceptors (Lipinski definition) is 8. The quantitative estimate of drug-likeness (QED) is 0.137. The smallest absolute Gasteiger partial charge is 0.256 e. The van der Waals surface area contributed by atoms with Crippen molar-refractivity contribution in [2.45, 2.75) is 19.9 Å². The molecule has 11 heteroatoms. The van der Waals surface area contributed by atoms with Crippen LogP contribution in [-0.2, 0) is 0 Å². The Bertz CT molecular complexity index is 1030. The Morgan fingerprint density at radius 3 is 2.65 bits per heavy atom. The zero-order valence-electron chi connectivity index (χ0n) is 19.3. The summed E-state index contributed by atoms with van der Waals surface area (Å²) in [5, 5.41) is 24.9. The molecular formula is C23H31FN8O2. The van der Waals surface area contributed by atoms with Crippen LogP contribution in [0.1, 0.15) is 28.4 Å². The number of benzene rings is 2. The normalized spacial score (nSPS) is 12.4. The molecule has 10 nitrogen and oxygen atoms in total. The molecule has 34 heavy (non-hydrogen) atoms. The third-order valence-corrected chi connectivity index (χ3v) is 4.91. The molecule has 1 atom stereocenters. The van der Waals surface area contributed by atoms with Crippen LogP contribution in [0.5, 0.6) is 0 Å². The number of aliphatic imine (C=N–C) groups is 1. The van der Waals surface area contributed by atoms with Gasteiger partial charge in [0.05, 0.1) is 24.8 Å². The molecule has 0 radical (unpaired) electrons. The second-order valence-electron chi connectivity index (χ2n) is 7.57. The molecule has 1 amide bonds. The maximum absolute atomic E-state index is 13.4. The van der Waals surface area contributed by atoms with Crippen molar-refractivity contribution in [3.63, 3.8) is 0 Å². The van der Waals surface area contributed by atoms with E-state index in [4.69, 9.17) is 17.0 Å². The van der Waals surface area contributed by atoms with E-state index in [1.54, 1.807) is 19.1 Å². The minimum absolute atomic E-state index is 0.0876. The van der Waals surface area contributed by atoms with Crippen molar-refractivity contribution in [2.75, 3.05) is 31.7 Å². The highest BCUT2D eigenvalue weighted by Gasteiger charge is 2.24. The third-order valence-electron chi connectivity index (χ3n) is 4.91. The number of hydrazine groups is 1. The first-order valence-corrected chi connectivity index (χ1v) is 10.6. The van der Waals surface area contributed by atoms with Gasteiger partial charge in [-0.25, -0.2) is 15.4 Å². The highest BCUT2D eigenvalue weighted by molar-refractivity contribution is 6.14. The Morgan fingerprint density at radius 1 is 1.29 bits per heavy atom. The van der Waals surface area contributed by atoms with Gasteiger partial charge < -0.3 is 26.5 Å². The lowest BCUT2D eigenvalue weighted by Crippen LogP contribution is -2.47. The predicted molar refractivity (Wildman–Crippen MR) is 133 cm³/mol. The molecule has 182 valence electrons. The Morgan fingerprint density at radius 2 is 2.00 bits per heavy atom. The molecule has 0 saturated carbocycles. The number of nitrogens with zero attached hydrogens (tertiary/aromatic N) is 4. The van der Waals surface area contributed by atoms with Crippen LogP contribution in [0.2, 0.25) is 0 Å². The van der Waals surface area contributed by atoms with Gasteiger partial charge in [-0.3, -0.25) is 9.79 Å². The maximum Gasteiger partial charge on any atom is 0.256 e. The highest BCUT2D eigenvalue weighted by Crippen LogP contribution is 2.21. The number of aliphatic hydroxyl groups is 1. The lowest BCUT2D eigenvalue weighted by atomic mass is 10.1. The van der Waals surface area contributed by atoms with Crippen molar-refractivity contribution >= 4 is 29.9 Å². The molecule has 0 saturated heterocycles. The van der Waals surface area contributed by atoms with E-state index in [9.17, 15) is 14.3 Å². The van der Waals surface area contributed by atoms with E-state index in [1.807, 2.05) is 13.0 Å². The summed E-state index contributed by atoms with van der Waals surface area (Å²) in [6, 6.07) is 10.5. The van der Waals surface area contributed by atoms with E-state index < -0.39 is 6.04 Å². The van der Waals surface area contributed by atoms with Crippen LogP contribution in [0.4, 0.5) is 10.1 Å². The first kappa shape index (κ1) is 26.4. The molecule has 0 aromatic heterocycles. The second-order valence-corrected chi connectivity index (χ2v) is 7.57. The number of nitrogens with one attached hydrogen (secondary N) is 2. The lowest BCUT2D eigenvalue weighted by Gasteiger charge is -2.31. The Kier molecular flexibility index (Phi) is 10.1. The van der Waals surface area contributed by atoms with Gasteiger partial charge in [-0.15, -0.1) is 5.10 Å². The van der Waals surface area contributed by atoms with E-state index in [0.717, 1.165) is 16.9 Å². The van der Waals surface area contributed by atoms with Gasteiger partial charge in [0.25, 0.3) is 5.91 Å². The van der Waals surface area contributed by atoms with Crippen molar-refractivity contribution < 1.29 is 14.3 Å². The summed E-state index contributed by atoms with van der Waals surface area (Å²) in [4.78, 5) is 19.0. The zero-order chi connectivity index (χ0) is 25.1. The molecule has 2 aromatic carbocycles. The summed E-state index contributed by atoms with van der Waals surface area (Å²) in [7, 11) is 0. The average molecular weight is 471 g/mol. The second kappa shape index (κ2) is 13.0. The monoisotopic (exact) mass is 470 g/mol. The van der Waals surface area contributed by atoms with Crippen LogP contribution in [0.15, 0.2) is 52.6 Å². The van der Waals surface area contributed by atoms with Crippen LogP contribution in [-0.4, -0.2) is 71.7 Å². The highest BCUT2D eigenvalue weighted by atomic mass is 19.1. The minimum Gasteiger partial charge on any atom is -0.395 e. The number of rotatable bonds is 12. The molecular weight excluding hydrogens is 439 g/mol. The van der Waals surface area contributed by atoms with Crippen LogP contribution in [0, 0.1) is 18.2 Å². The van der Waals surface area contributed by atoms with Crippen molar-refractivity contribution in [3.8, 4) is 0 Å². The third kappa shape index (κ3) is 7.64. The molecule has 2 rings (SSSR count). The Hall–Kier alpha value is -3.83. The molecule has 0 fully saturated rings. The van der Waals surface area contributed by atoms with Crippen LogP contribution in [0.3, 0.4) is 0 Å². The summed E-state index contributed by atoms with van der Waals surface area (Å²) in [5.41, 5.74) is 8.37. The van der Waals surface area contributed by atoms with Gasteiger partial charge in [-0.1, -0.05) is 11.6 Å². The van der Waals surface area contributed by atoms with Gasteiger partial charge in [-0.05, 0) is 50.2 Å². The van der Waals surface area contributed by atoms with E-state index in [-0.39, 0.29) is 43.9 Å². The molecule has 0 aliphatic rings. The minimum atomic E-state index is -0.432. The molecule has 0 aliphatic heterocycles. The maximum atomic E-state index is 13.4. The SMILES string of the molecule is Cc1ccc(NC/N=C\C=N)c(C(=O)N(CCO)[C@@H](C)CN(N)/N=C(\N)c2ccc(F)cc2)c1. The average Bonchev–Trinajstić information content (AvgIpc) is 2.80. The lowest BCUT2D eigenvalue weighted by molar-refractivity contribution is 0.0602. The molecule has 2 aromatic rings. The first-order chi connectivity index (χ1) is 16.3. The molecule has 0 aliphatic carbocycles. The van der Waals surface area contributed by atoms with Crippen LogP contribution in [0.25, 0.3) is 0 Å². The fourth-order valence-electron chi connectivity index (χ4n) is 3.24. The summed E-state index contributed by atoms with van der Waals surface area (Å²) < 4.78 is 13.1. The number of carbonyl (C=O) groups is 1. The van der Waals surface area contributed by atoms with Crippen LogP contribution >= 0.6 is 0 Å². The summed E-state index contributed by atoms with van der Waals surface area (Å²) in [6.45, 7) is 3.84. The first-order valence-electron chi connectivity index (χ1n) is 10.6. The number of amides is 1. The van der Waals surface area contributed by atoms with Crippen molar-refractivity contribution in [1.29, 1.82) is 5.41 Å². The van der Waals surface area contributed by atoms with E-state index in [1.165, 1.54) is 35.4 Å². The predicted octanol–water partition coefficient (Wildman–Crippen LogP) is 1.54. The molecule has 0 spiro atoms. The van der Waals surface area contributed by atoms with Gasteiger partial charge in [-0.2, -0.15) is 0 Å². The van der Waals surface area contributed by atoms with Gasteiger partial charge >= 0.3 is 0 Å². The topological polar surface area (TPSA) is 156 Å². The number of amidine groups is 1. The van der Waals surface area contributed by atoms with E-state index in [2.05, 4.69) is 15.4 Å². The number of hydrogen-bond donors (Lipinski definition) is 5. The fraction of sp³-hybridized carbons (Fsp3) is 0.304. The molecule has 0 heterocycles. The summed E-state index contributed by atoms with van der Waals surface area (Å²) in [6.07, 6.45) is 2.41. The van der Waals surface area contributed by atoms with Crippen LogP contribution < -0.4 is 16.9 Å². The Labute approximate surface area is 198 Å². The Balaban J connectivity index is 2.19. The number of halogens is 1. The van der Waals surface area contributed by atoms with Gasteiger partial charge in [0.2, 0.25) is 0 Å². The van der Waals surface area contributed by atoms with Gasteiger partial charge in [0.15, 0.2) is 5.84 Å². The summed E-state index contributed by atoms with van der Waals surface area (Å²) >= 11 is 0. The van der Waals surface area contributed by atoms with Crippen molar-refractivity contribution in [1.82, 2.24) is 10.0 Å². The van der Waals surface area contributed by atoms with Gasteiger partial charge in [0, 0.05) is 30.2 Å². The standard InChI is InChI=1S/C23H31FN8O2/c1-16-3-8-21(29-15-28-10-9-25)20(13-16)23(34)31(11-12-33)17(2)14-32(27)30-22(26)18-4-6-19(24)7-5-18/h3-10,13,17,25,29,33H,11-12,14-15,27H2,1-2H3,(H2,26,30)/b25-9?,28-10-/t17-/m0/s1. The number of aryl methyl sites for hydroxylation is 1. The van der Waals surface area contributed by atoms with Crippen molar-refractivity contribution in [2.24, 2.45) is 21.7 Å². The number of aliphatic hydroxyl groups excluding tert-OH is 1. The number of anilines is 1. The van der Waals surface area contributed by atoms with Crippen molar-refractivity contribution in [3.05, 3.63) is 65.0 Å². The zero-order valence-corrected chi connectivity index (χ0v) is 19.3. The molecule has 7 N–H and O–H groups in total. The largest absolute Gasteiger partial charge is 0.395 e. The number of nitrogens with two attached hydrogens (primary N) is 2. The molecule has 0 unspecified atom stereocenters. The van der Waals surface area contributed by atoms with Gasteiger partial charge in [0.1, 0.15) is 12.5 Å².